The molecule has 0 atom stereocenters. The zero-order chi connectivity index (χ0) is 21.6. The van der Waals surface area contributed by atoms with E-state index in [1.165, 1.54) is 0 Å². The van der Waals surface area contributed by atoms with E-state index in [1.54, 1.807) is 30.1 Å². The van der Waals surface area contributed by atoms with Crippen molar-refractivity contribution in [2.24, 2.45) is 5.10 Å². The summed E-state index contributed by atoms with van der Waals surface area (Å²) in [6.07, 6.45) is 3.48. The predicted octanol–water partition coefficient (Wildman–Crippen LogP) is 5.07. The summed E-state index contributed by atoms with van der Waals surface area (Å²) in [5, 5.41) is 8.89. The summed E-state index contributed by atoms with van der Waals surface area (Å²) in [6, 6.07) is 24.5. The number of amides is 1. The van der Waals surface area contributed by atoms with Gasteiger partial charge in [0.15, 0.2) is 0 Å². The van der Waals surface area contributed by atoms with Gasteiger partial charge < -0.3 is 4.74 Å². The van der Waals surface area contributed by atoms with Crippen LogP contribution in [0, 0.1) is 0 Å². The van der Waals surface area contributed by atoms with Gasteiger partial charge in [0, 0.05) is 27.4 Å². The lowest BCUT2D eigenvalue weighted by Crippen LogP contribution is -2.17. The molecule has 154 valence electrons. The number of para-hydroxylation sites is 1. The number of ether oxygens (including phenoxy) is 1. The van der Waals surface area contributed by atoms with Crippen LogP contribution in [0.3, 0.4) is 0 Å². The van der Waals surface area contributed by atoms with Gasteiger partial charge in [0.2, 0.25) is 0 Å². The summed E-state index contributed by atoms with van der Waals surface area (Å²) in [5.74, 6) is 0.480. The van der Waals surface area contributed by atoms with Gasteiger partial charge in [-0.15, -0.1) is 0 Å². The molecule has 0 fully saturated rings. The molecule has 4 rings (SSSR count). The molecule has 7 heteroatoms. The average molecular weight is 475 g/mol. The van der Waals surface area contributed by atoms with Crippen LogP contribution < -0.4 is 10.2 Å². The second-order valence-electron chi connectivity index (χ2n) is 6.65. The first kappa shape index (κ1) is 20.6. The largest absolute Gasteiger partial charge is 0.497 e. The van der Waals surface area contributed by atoms with Crippen LogP contribution in [0.25, 0.3) is 16.9 Å². The maximum absolute atomic E-state index is 12.3. The number of halogens is 1. The fraction of sp³-hybridized carbons (Fsp3) is 0.0417. The Labute approximate surface area is 188 Å². The van der Waals surface area contributed by atoms with Crippen molar-refractivity contribution >= 4 is 28.1 Å². The molecule has 1 N–H and O–H groups in total. The van der Waals surface area contributed by atoms with E-state index in [9.17, 15) is 4.79 Å². The number of carbonyl (C=O) groups is 1. The van der Waals surface area contributed by atoms with Gasteiger partial charge in [-0.1, -0.05) is 34.1 Å². The molecule has 1 heterocycles. The monoisotopic (exact) mass is 474 g/mol. The highest BCUT2D eigenvalue weighted by atomic mass is 79.9. The smallest absolute Gasteiger partial charge is 0.271 e. The number of nitrogens with zero attached hydrogens (tertiary/aromatic N) is 3. The quantitative estimate of drug-likeness (QED) is 0.313. The third-order valence-corrected chi connectivity index (χ3v) is 5.13. The Morgan fingerprint density at radius 3 is 2.42 bits per heavy atom. The fourth-order valence-electron chi connectivity index (χ4n) is 2.99. The van der Waals surface area contributed by atoms with Crippen LogP contribution in [0.15, 0.2) is 94.6 Å². The molecule has 1 amide bonds. The Hall–Kier alpha value is -3.71. The van der Waals surface area contributed by atoms with Crippen molar-refractivity contribution < 1.29 is 9.53 Å². The summed E-state index contributed by atoms with van der Waals surface area (Å²) >= 11 is 3.36. The molecule has 4 aromatic rings. The van der Waals surface area contributed by atoms with Crippen molar-refractivity contribution in [3.05, 3.63) is 101 Å². The van der Waals surface area contributed by atoms with Crippen molar-refractivity contribution in [1.82, 2.24) is 15.2 Å². The maximum Gasteiger partial charge on any atom is 0.271 e. The molecular formula is C24H19BrN4O2. The number of hydrazone groups is 1. The lowest BCUT2D eigenvalue weighted by molar-refractivity contribution is 0.0955. The topological polar surface area (TPSA) is 68.5 Å². The summed E-state index contributed by atoms with van der Waals surface area (Å²) < 4.78 is 7.94. The van der Waals surface area contributed by atoms with Crippen LogP contribution in [0.1, 0.15) is 15.9 Å². The summed E-state index contributed by atoms with van der Waals surface area (Å²) in [6.45, 7) is 0. The molecule has 0 spiro atoms. The van der Waals surface area contributed by atoms with Crippen LogP contribution >= 0.6 is 15.9 Å². The van der Waals surface area contributed by atoms with Gasteiger partial charge in [-0.2, -0.15) is 10.2 Å². The Balaban J connectivity index is 1.63. The second kappa shape index (κ2) is 9.40. The van der Waals surface area contributed by atoms with Crippen molar-refractivity contribution in [3.63, 3.8) is 0 Å². The zero-order valence-corrected chi connectivity index (χ0v) is 18.3. The zero-order valence-electron chi connectivity index (χ0n) is 16.7. The summed E-state index contributed by atoms with van der Waals surface area (Å²) in [7, 11) is 1.63. The molecular weight excluding hydrogens is 456 g/mol. The first-order chi connectivity index (χ1) is 15.1. The summed E-state index contributed by atoms with van der Waals surface area (Å²) in [4.78, 5) is 12.3. The highest BCUT2D eigenvalue weighted by Crippen LogP contribution is 2.25. The molecule has 0 bridgehead atoms. The van der Waals surface area contributed by atoms with E-state index in [-0.39, 0.29) is 5.91 Å². The SMILES string of the molecule is COc1ccc(-c2nn(-c3ccccc3)cc2C=NNC(=O)c2ccc(Br)cc2)cc1. The van der Waals surface area contributed by atoms with Gasteiger partial charge >= 0.3 is 0 Å². The van der Waals surface area contributed by atoms with Gasteiger partial charge in [0.05, 0.1) is 19.0 Å². The number of rotatable bonds is 6. The van der Waals surface area contributed by atoms with E-state index >= 15 is 0 Å². The van der Waals surface area contributed by atoms with Crippen LogP contribution in [-0.2, 0) is 0 Å². The van der Waals surface area contributed by atoms with Gasteiger partial charge in [0.25, 0.3) is 5.91 Å². The number of benzene rings is 3. The minimum atomic E-state index is -0.287. The van der Waals surface area contributed by atoms with Crippen molar-refractivity contribution in [2.45, 2.75) is 0 Å². The third-order valence-electron chi connectivity index (χ3n) is 4.60. The molecule has 3 aromatic carbocycles. The summed E-state index contributed by atoms with van der Waals surface area (Å²) in [5.41, 5.74) is 6.45. The molecule has 0 saturated heterocycles. The Bertz CT molecular complexity index is 1200. The number of hydrogen-bond acceptors (Lipinski definition) is 4. The first-order valence-electron chi connectivity index (χ1n) is 9.52. The Kier molecular flexibility index (Phi) is 6.24. The van der Waals surface area contributed by atoms with E-state index in [0.29, 0.717) is 5.56 Å². The Morgan fingerprint density at radius 1 is 1.03 bits per heavy atom. The lowest BCUT2D eigenvalue weighted by atomic mass is 10.1. The molecule has 31 heavy (non-hydrogen) atoms. The average Bonchev–Trinajstić information content (AvgIpc) is 3.24. The molecule has 6 nitrogen and oxygen atoms in total. The van der Waals surface area contributed by atoms with Crippen LogP contribution in [-0.4, -0.2) is 29.0 Å². The highest BCUT2D eigenvalue weighted by Gasteiger charge is 2.12. The standard InChI is InChI=1S/C24H19BrN4O2/c1-31-22-13-9-17(10-14-22)23-19(16-29(28-23)21-5-3-2-4-6-21)15-26-27-24(30)18-7-11-20(25)12-8-18/h2-16H,1H3,(H,27,30). The van der Waals surface area contributed by atoms with E-state index in [2.05, 4.69) is 26.5 Å². The number of nitrogens with one attached hydrogen (secondary N) is 1. The van der Waals surface area contributed by atoms with E-state index in [4.69, 9.17) is 9.84 Å². The van der Waals surface area contributed by atoms with Crippen molar-refractivity contribution in [3.8, 4) is 22.7 Å². The minimum absolute atomic E-state index is 0.287. The van der Waals surface area contributed by atoms with E-state index in [0.717, 1.165) is 32.7 Å². The number of methoxy groups -OCH3 is 1. The number of carbonyl (C=O) groups excluding carboxylic acids is 1. The molecule has 1 aromatic heterocycles. The molecule has 0 unspecified atom stereocenters. The van der Waals surface area contributed by atoms with Gasteiger partial charge in [-0.05, 0) is 60.7 Å². The Morgan fingerprint density at radius 2 is 1.74 bits per heavy atom. The van der Waals surface area contributed by atoms with E-state index in [1.807, 2.05) is 72.9 Å². The highest BCUT2D eigenvalue weighted by molar-refractivity contribution is 9.10. The number of aromatic nitrogens is 2. The van der Waals surface area contributed by atoms with Crippen LogP contribution in [0.2, 0.25) is 0 Å². The molecule has 0 saturated carbocycles. The van der Waals surface area contributed by atoms with Crippen LogP contribution in [0.5, 0.6) is 5.75 Å². The van der Waals surface area contributed by atoms with Gasteiger partial charge in [-0.25, -0.2) is 10.1 Å². The van der Waals surface area contributed by atoms with E-state index < -0.39 is 0 Å². The predicted molar refractivity (Wildman–Crippen MR) is 125 cm³/mol. The number of hydrogen-bond donors (Lipinski definition) is 1. The molecule has 0 aliphatic rings. The molecule has 0 radical (unpaired) electrons. The maximum atomic E-state index is 12.3. The molecule has 0 aliphatic carbocycles. The van der Waals surface area contributed by atoms with Crippen LogP contribution in [0.4, 0.5) is 0 Å². The first-order valence-corrected chi connectivity index (χ1v) is 10.3. The van der Waals surface area contributed by atoms with Gasteiger partial charge in [0.1, 0.15) is 11.4 Å². The third kappa shape index (κ3) is 4.90. The van der Waals surface area contributed by atoms with Crippen molar-refractivity contribution in [1.29, 1.82) is 0 Å². The normalized spacial score (nSPS) is 10.9. The lowest BCUT2D eigenvalue weighted by Gasteiger charge is -2.03. The van der Waals surface area contributed by atoms with Crippen molar-refractivity contribution in [2.75, 3.05) is 7.11 Å². The second-order valence-corrected chi connectivity index (χ2v) is 7.56. The minimum Gasteiger partial charge on any atom is -0.497 e. The van der Waals surface area contributed by atoms with Gasteiger partial charge in [-0.3, -0.25) is 4.79 Å². The fourth-order valence-corrected chi connectivity index (χ4v) is 3.26. The molecule has 0 aliphatic heterocycles.